The molecule has 0 aromatic carbocycles. The van der Waals surface area contributed by atoms with Gasteiger partial charge in [-0.1, -0.05) is 6.08 Å². The van der Waals surface area contributed by atoms with Crippen molar-refractivity contribution >= 4 is 23.9 Å². The summed E-state index contributed by atoms with van der Waals surface area (Å²) < 4.78 is 19.4. The van der Waals surface area contributed by atoms with Crippen LogP contribution in [-0.4, -0.2) is 70.3 Å². The molecular weight excluding hydrogens is 346 g/mol. The zero-order valence-corrected chi connectivity index (χ0v) is 15.3. The zero-order valence-electron chi connectivity index (χ0n) is 15.3. The Morgan fingerprint density at radius 3 is 2.04 bits per heavy atom. The van der Waals surface area contributed by atoms with Crippen molar-refractivity contribution in [2.45, 2.75) is 18.9 Å². The molecule has 9 heteroatoms. The highest BCUT2D eigenvalue weighted by Gasteiger charge is 2.66. The van der Waals surface area contributed by atoms with Gasteiger partial charge < -0.3 is 23.8 Å². The van der Waals surface area contributed by atoms with Gasteiger partial charge in [-0.05, 0) is 12.8 Å². The van der Waals surface area contributed by atoms with Gasteiger partial charge in [0.25, 0.3) is 0 Å². The number of rotatable bonds is 4. The molecule has 1 aliphatic carbocycles. The largest absolute Gasteiger partial charge is 0.468 e. The summed E-state index contributed by atoms with van der Waals surface area (Å²) in [7, 11) is 6.13. The van der Waals surface area contributed by atoms with Crippen molar-refractivity contribution in [3.63, 3.8) is 0 Å². The average Bonchev–Trinajstić information content (AvgIpc) is 2.95. The lowest BCUT2D eigenvalue weighted by molar-refractivity contribution is -0.156. The quantitative estimate of drug-likeness (QED) is 0.499. The molecule has 2 atom stereocenters. The minimum absolute atomic E-state index is 0.0609. The monoisotopic (exact) mass is 367 g/mol. The lowest BCUT2D eigenvalue weighted by Gasteiger charge is -2.40. The number of likely N-dealkylation sites (N-methyl/N-ethyl adjacent to an activating group) is 1. The summed E-state index contributed by atoms with van der Waals surface area (Å²) in [5.74, 6) is -3.40. The van der Waals surface area contributed by atoms with Crippen LogP contribution in [0.15, 0.2) is 22.9 Å². The fourth-order valence-electron chi connectivity index (χ4n) is 3.81. The fourth-order valence-corrected chi connectivity index (χ4v) is 3.81. The van der Waals surface area contributed by atoms with E-state index in [0.717, 1.165) is 21.3 Å². The van der Waals surface area contributed by atoms with Crippen LogP contribution in [0.3, 0.4) is 0 Å². The average molecular weight is 367 g/mol. The summed E-state index contributed by atoms with van der Waals surface area (Å²) in [6, 6.07) is -0.711. The Kier molecular flexibility index (Phi) is 5.38. The highest BCUT2D eigenvalue weighted by Crippen LogP contribution is 2.54. The first kappa shape index (κ1) is 19.5. The highest BCUT2D eigenvalue weighted by molar-refractivity contribution is 6.13. The first-order chi connectivity index (χ1) is 12.3. The molecule has 9 nitrogen and oxygen atoms in total. The normalized spacial score (nSPS) is 24.4. The maximum Gasteiger partial charge on any atom is 0.354 e. The number of ether oxygens (including phenoxy) is 4. The van der Waals surface area contributed by atoms with Gasteiger partial charge in [-0.25, -0.2) is 14.4 Å². The second-order valence-corrected chi connectivity index (χ2v) is 5.82. The Bertz CT molecular complexity index is 722. The molecule has 0 fully saturated rings. The summed E-state index contributed by atoms with van der Waals surface area (Å²) in [4.78, 5) is 51.8. The number of hydrogen-bond acceptors (Lipinski definition) is 9. The minimum atomic E-state index is -1.84. The van der Waals surface area contributed by atoms with Crippen LogP contribution in [0.5, 0.6) is 0 Å². The van der Waals surface area contributed by atoms with Gasteiger partial charge in [-0.3, -0.25) is 4.79 Å². The van der Waals surface area contributed by atoms with E-state index in [-0.39, 0.29) is 16.8 Å². The number of fused-ring (bicyclic) bond motifs is 1. The van der Waals surface area contributed by atoms with Crippen LogP contribution in [-0.2, 0) is 38.1 Å². The number of allylic oxidation sites excluding steroid dienone is 1. The predicted octanol–water partition coefficient (Wildman–Crippen LogP) is -0.0469. The smallest absolute Gasteiger partial charge is 0.354 e. The van der Waals surface area contributed by atoms with E-state index < -0.39 is 35.3 Å². The number of hydrogen-bond donors (Lipinski definition) is 0. The maximum atomic E-state index is 12.9. The van der Waals surface area contributed by atoms with Crippen molar-refractivity contribution in [3.8, 4) is 0 Å². The first-order valence-corrected chi connectivity index (χ1v) is 7.84. The molecule has 0 radical (unpaired) electrons. The Morgan fingerprint density at radius 2 is 1.54 bits per heavy atom. The van der Waals surface area contributed by atoms with E-state index in [0.29, 0.717) is 12.8 Å². The van der Waals surface area contributed by atoms with Crippen molar-refractivity contribution in [3.05, 3.63) is 22.9 Å². The van der Waals surface area contributed by atoms with E-state index in [1.807, 2.05) is 0 Å². The Hall–Kier alpha value is -2.84. The Morgan fingerprint density at radius 1 is 0.962 bits per heavy atom. The molecule has 2 aliphatic rings. The van der Waals surface area contributed by atoms with Crippen molar-refractivity contribution in [1.29, 1.82) is 0 Å². The van der Waals surface area contributed by atoms with Crippen LogP contribution < -0.4 is 0 Å². The molecule has 142 valence electrons. The summed E-state index contributed by atoms with van der Waals surface area (Å²) in [6.45, 7) is 0. The van der Waals surface area contributed by atoms with Crippen LogP contribution in [0.4, 0.5) is 0 Å². The summed E-state index contributed by atoms with van der Waals surface area (Å²) in [5, 5.41) is 0. The molecular formula is C17H21NO8. The molecule has 0 spiro atoms. The van der Waals surface area contributed by atoms with Crippen LogP contribution in [0.2, 0.25) is 0 Å². The van der Waals surface area contributed by atoms with E-state index in [4.69, 9.17) is 18.9 Å². The van der Waals surface area contributed by atoms with Crippen molar-refractivity contribution < 1.29 is 38.1 Å². The van der Waals surface area contributed by atoms with E-state index >= 15 is 0 Å². The number of carbonyl (C=O) groups excluding carboxylic acids is 4. The van der Waals surface area contributed by atoms with Gasteiger partial charge in [0.05, 0.1) is 45.6 Å². The third kappa shape index (κ3) is 2.46. The lowest BCUT2D eigenvalue weighted by atomic mass is 9.65. The van der Waals surface area contributed by atoms with Gasteiger partial charge in [0.15, 0.2) is 5.41 Å². The second kappa shape index (κ2) is 7.19. The van der Waals surface area contributed by atoms with Crippen LogP contribution in [0, 0.1) is 5.41 Å². The molecule has 2 unspecified atom stereocenters. The molecule has 0 bridgehead atoms. The molecule has 0 amide bonds. The minimum Gasteiger partial charge on any atom is -0.468 e. The lowest BCUT2D eigenvalue weighted by Crippen LogP contribution is -2.52. The summed E-state index contributed by atoms with van der Waals surface area (Å²) in [5.41, 5.74) is -2.34. The first-order valence-electron chi connectivity index (χ1n) is 7.84. The second-order valence-electron chi connectivity index (χ2n) is 5.82. The third-order valence-electron chi connectivity index (χ3n) is 4.85. The fraction of sp³-hybridized carbons (Fsp3) is 0.529. The molecule has 1 aliphatic heterocycles. The molecule has 26 heavy (non-hydrogen) atoms. The molecule has 0 N–H and O–H groups in total. The summed E-state index contributed by atoms with van der Waals surface area (Å²) >= 11 is 0. The van der Waals surface area contributed by atoms with Gasteiger partial charge in [0, 0.05) is 7.05 Å². The van der Waals surface area contributed by atoms with Gasteiger partial charge >= 0.3 is 23.9 Å². The van der Waals surface area contributed by atoms with Crippen molar-refractivity contribution in [2.75, 3.05) is 35.5 Å². The van der Waals surface area contributed by atoms with Gasteiger partial charge in [-0.2, -0.15) is 0 Å². The molecule has 0 aromatic rings. The molecule has 1 heterocycles. The van der Waals surface area contributed by atoms with Crippen molar-refractivity contribution in [2.24, 2.45) is 5.41 Å². The molecule has 0 saturated carbocycles. The molecule has 0 aromatic heterocycles. The zero-order chi connectivity index (χ0) is 19.6. The predicted molar refractivity (Wildman–Crippen MR) is 86.4 cm³/mol. The van der Waals surface area contributed by atoms with E-state index in [1.54, 1.807) is 7.05 Å². The summed E-state index contributed by atoms with van der Waals surface area (Å²) in [6.07, 6.45) is 2.37. The van der Waals surface area contributed by atoms with Crippen molar-refractivity contribution in [1.82, 2.24) is 4.90 Å². The number of methoxy groups -OCH3 is 4. The van der Waals surface area contributed by atoms with Crippen LogP contribution in [0.25, 0.3) is 0 Å². The molecule has 0 saturated heterocycles. The maximum absolute atomic E-state index is 12.9. The highest BCUT2D eigenvalue weighted by atomic mass is 16.5. The van der Waals surface area contributed by atoms with Gasteiger partial charge in [0.1, 0.15) is 5.70 Å². The van der Waals surface area contributed by atoms with E-state index in [2.05, 4.69) is 0 Å². The number of esters is 4. The van der Waals surface area contributed by atoms with Crippen LogP contribution >= 0.6 is 0 Å². The number of nitrogens with zero attached hydrogens (tertiary/aromatic N) is 1. The van der Waals surface area contributed by atoms with Gasteiger partial charge in [0.2, 0.25) is 0 Å². The standard InChI is InChI=1S/C17H21NO8/c1-18-10-8-6-7-9(13(19)23-2)17(10,16(22)26-5)11(14(20)24-3)12(18)15(21)25-4/h7,10H,6,8H2,1-5H3. The third-order valence-corrected chi connectivity index (χ3v) is 4.85. The van der Waals surface area contributed by atoms with Gasteiger partial charge in [-0.15, -0.1) is 0 Å². The number of carbonyl (C=O) groups is 4. The topological polar surface area (TPSA) is 108 Å². The molecule has 2 rings (SSSR count). The SMILES string of the molecule is COC(=O)C1=CCCC2N(C)C(C(=O)OC)=C(C(=O)OC)C12C(=O)OC. The van der Waals surface area contributed by atoms with Crippen LogP contribution in [0.1, 0.15) is 12.8 Å². The Balaban J connectivity index is 2.92. The Labute approximate surface area is 150 Å². The van der Waals surface area contributed by atoms with E-state index in [1.165, 1.54) is 18.1 Å². The van der Waals surface area contributed by atoms with E-state index in [9.17, 15) is 19.2 Å².